The van der Waals surface area contributed by atoms with Crippen molar-refractivity contribution in [2.75, 3.05) is 7.05 Å². The van der Waals surface area contributed by atoms with Crippen LogP contribution in [0.4, 0.5) is 0 Å². The molecular weight excluding hydrogens is 334 g/mol. The van der Waals surface area contributed by atoms with Crippen molar-refractivity contribution in [2.45, 2.75) is 50.0 Å². The van der Waals surface area contributed by atoms with Gasteiger partial charge in [0.25, 0.3) is 0 Å². The predicted octanol–water partition coefficient (Wildman–Crippen LogP) is 2.47. The number of hydrogen-bond acceptors (Lipinski definition) is 4. The number of fused-ring (bicyclic) bond motifs is 2. The molecule has 2 bridgehead atoms. The average molecular weight is 356 g/mol. The number of aliphatic hydroxyl groups excluding tert-OH is 1. The predicted molar refractivity (Wildman–Crippen MR) is 85.4 cm³/mol. The molecule has 21 heavy (non-hydrogen) atoms. The van der Waals surface area contributed by atoms with E-state index in [1.165, 1.54) is 12.8 Å². The molecule has 4 atom stereocenters. The summed E-state index contributed by atoms with van der Waals surface area (Å²) in [5.41, 5.74) is 0.591. The third kappa shape index (κ3) is 3.47. The van der Waals surface area contributed by atoms with E-state index in [-0.39, 0.29) is 23.1 Å². The van der Waals surface area contributed by atoms with Crippen LogP contribution in [0.5, 0.6) is 0 Å². The van der Waals surface area contributed by atoms with Crippen molar-refractivity contribution < 1.29 is 14.6 Å². The SMILES string of the molecule is Br.CN1[C@@H]2CC[C@H]1CC(OC(=O)[C@@H](O)c1ccccc1)C2. The lowest BCUT2D eigenvalue weighted by atomic mass is 10.0. The summed E-state index contributed by atoms with van der Waals surface area (Å²) in [6.45, 7) is 0. The molecule has 2 fully saturated rings. The van der Waals surface area contributed by atoms with Gasteiger partial charge in [0.15, 0.2) is 6.10 Å². The van der Waals surface area contributed by atoms with E-state index in [0.717, 1.165) is 12.8 Å². The van der Waals surface area contributed by atoms with E-state index < -0.39 is 12.1 Å². The smallest absolute Gasteiger partial charge is 0.339 e. The molecule has 1 aromatic carbocycles. The van der Waals surface area contributed by atoms with Gasteiger partial charge in [0, 0.05) is 12.1 Å². The zero-order valence-corrected chi connectivity index (χ0v) is 13.9. The average Bonchev–Trinajstić information content (AvgIpc) is 2.69. The number of hydrogen-bond donors (Lipinski definition) is 1. The van der Waals surface area contributed by atoms with Crippen molar-refractivity contribution in [3.8, 4) is 0 Å². The third-order valence-corrected chi connectivity index (χ3v) is 4.68. The fourth-order valence-electron chi connectivity index (χ4n) is 3.46. The van der Waals surface area contributed by atoms with Crippen LogP contribution in [0.1, 0.15) is 37.4 Å². The number of esters is 1. The van der Waals surface area contributed by atoms with E-state index in [0.29, 0.717) is 17.6 Å². The molecule has 1 N–H and O–H groups in total. The molecule has 0 saturated carbocycles. The van der Waals surface area contributed by atoms with Gasteiger partial charge >= 0.3 is 5.97 Å². The number of aliphatic hydroxyl groups is 1. The van der Waals surface area contributed by atoms with Crippen LogP contribution >= 0.6 is 17.0 Å². The molecule has 1 aromatic rings. The molecule has 1 unspecified atom stereocenters. The first-order valence-electron chi connectivity index (χ1n) is 7.30. The Balaban J connectivity index is 0.00000161. The Morgan fingerprint density at radius 1 is 1.24 bits per heavy atom. The molecule has 5 heteroatoms. The number of nitrogens with zero attached hydrogens (tertiary/aromatic N) is 1. The lowest BCUT2D eigenvalue weighted by molar-refractivity contribution is -0.162. The summed E-state index contributed by atoms with van der Waals surface area (Å²) in [7, 11) is 2.15. The van der Waals surface area contributed by atoms with E-state index in [9.17, 15) is 9.90 Å². The van der Waals surface area contributed by atoms with Gasteiger partial charge in [0.05, 0.1) is 0 Å². The highest BCUT2D eigenvalue weighted by Gasteiger charge is 2.40. The fourth-order valence-corrected chi connectivity index (χ4v) is 3.46. The number of benzene rings is 1. The quantitative estimate of drug-likeness (QED) is 0.846. The minimum atomic E-state index is -1.17. The highest BCUT2D eigenvalue weighted by Crippen LogP contribution is 2.35. The first kappa shape index (κ1) is 16.5. The number of carbonyl (C=O) groups is 1. The van der Waals surface area contributed by atoms with E-state index in [1.807, 2.05) is 18.2 Å². The van der Waals surface area contributed by atoms with Gasteiger partial charge in [-0.15, -0.1) is 17.0 Å². The second-order valence-corrected chi connectivity index (χ2v) is 5.89. The van der Waals surface area contributed by atoms with Crippen molar-refractivity contribution in [2.24, 2.45) is 0 Å². The van der Waals surface area contributed by atoms with Gasteiger partial charge in [-0.2, -0.15) is 0 Å². The Hall–Kier alpha value is -0.910. The maximum absolute atomic E-state index is 12.0. The third-order valence-electron chi connectivity index (χ3n) is 4.68. The molecule has 4 nitrogen and oxygen atoms in total. The van der Waals surface area contributed by atoms with Gasteiger partial charge in [-0.1, -0.05) is 30.3 Å². The molecule has 0 aromatic heterocycles. The lowest BCUT2D eigenvalue weighted by Gasteiger charge is -2.36. The van der Waals surface area contributed by atoms with Crippen molar-refractivity contribution in [1.82, 2.24) is 4.90 Å². The first-order valence-corrected chi connectivity index (χ1v) is 7.30. The monoisotopic (exact) mass is 355 g/mol. The molecule has 0 radical (unpaired) electrons. The van der Waals surface area contributed by atoms with E-state index >= 15 is 0 Å². The summed E-state index contributed by atoms with van der Waals surface area (Å²) in [5, 5.41) is 10.0. The molecule has 2 saturated heterocycles. The summed E-state index contributed by atoms with van der Waals surface area (Å²) in [5.74, 6) is -0.523. The number of carbonyl (C=O) groups excluding carboxylic acids is 1. The Morgan fingerprint density at radius 3 is 2.38 bits per heavy atom. The molecule has 116 valence electrons. The van der Waals surface area contributed by atoms with Crippen LogP contribution in [0.3, 0.4) is 0 Å². The molecule has 0 amide bonds. The van der Waals surface area contributed by atoms with Crippen LogP contribution in [0.2, 0.25) is 0 Å². The largest absolute Gasteiger partial charge is 0.460 e. The van der Waals surface area contributed by atoms with Gasteiger partial charge in [-0.05, 0) is 38.3 Å². The summed E-state index contributed by atoms with van der Waals surface area (Å²) in [6, 6.07) is 10.0. The first-order chi connectivity index (χ1) is 9.65. The molecule has 0 aliphatic carbocycles. The van der Waals surface area contributed by atoms with Crippen LogP contribution < -0.4 is 0 Å². The summed E-state index contributed by atoms with van der Waals surface area (Å²) in [6.07, 6.45) is 2.94. The van der Waals surface area contributed by atoms with Crippen molar-refractivity contribution in [3.05, 3.63) is 35.9 Å². The van der Waals surface area contributed by atoms with E-state index in [4.69, 9.17) is 4.74 Å². The summed E-state index contributed by atoms with van der Waals surface area (Å²) < 4.78 is 5.52. The van der Waals surface area contributed by atoms with E-state index in [1.54, 1.807) is 12.1 Å². The Kier molecular flexibility index (Phi) is 5.41. The van der Waals surface area contributed by atoms with Gasteiger partial charge in [0.1, 0.15) is 6.10 Å². The molecule has 2 aliphatic heterocycles. The van der Waals surface area contributed by atoms with Gasteiger partial charge < -0.3 is 14.7 Å². The maximum atomic E-state index is 12.0. The summed E-state index contributed by atoms with van der Waals surface area (Å²) in [4.78, 5) is 14.4. The van der Waals surface area contributed by atoms with Gasteiger partial charge in [-0.3, -0.25) is 0 Å². The Bertz CT molecular complexity index is 468. The van der Waals surface area contributed by atoms with Gasteiger partial charge in [0.2, 0.25) is 0 Å². The van der Waals surface area contributed by atoms with Crippen LogP contribution in [0.15, 0.2) is 30.3 Å². The number of piperidine rings is 1. The zero-order chi connectivity index (χ0) is 14.1. The fraction of sp³-hybridized carbons (Fsp3) is 0.562. The minimum absolute atomic E-state index is 0. The number of halogens is 1. The minimum Gasteiger partial charge on any atom is -0.460 e. The normalized spacial score (nSPS) is 29.5. The Morgan fingerprint density at radius 2 is 1.81 bits per heavy atom. The topological polar surface area (TPSA) is 49.8 Å². The summed E-state index contributed by atoms with van der Waals surface area (Å²) >= 11 is 0. The molecule has 2 aliphatic rings. The van der Waals surface area contributed by atoms with Crippen LogP contribution in [-0.4, -0.2) is 41.2 Å². The van der Waals surface area contributed by atoms with Gasteiger partial charge in [-0.25, -0.2) is 4.79 Å². The highest BCUT2D eigenvalue weighted by atomic mass is 79.9. The zero-order valence-electron chi connectivity index (χ0n) is 12.1. The number of rotatable bonds is 3. The molecule has 0 spiro atoms. The van der Waals surface area contributed by atoms with Crippen molar-refractivity contribution in [3.63, 3.8) is 0 Å². The second kappa shape index (κ2) is 6.90. The lowest BCUT2D eigenvalue weighted by Crippen LogP contribution is -2.43. The Labute approximate surface area is 135 Å². The molecule has 3 rings (SSSR count). The van der Waals surface area contributed by atoms with Crippen LogP contribution in [-0.2, 0) is 9.53 Å². The van der Waals surface area contributed by atoms with Crippen molar-refractivity contribution >= 4 is 23.0 Å². The highest BCUT2D eigenvalue weighted by molar-refractivity contribution is 8.93. The van der Waals surface area contributed by atoms with E-state index in [2.05, 4.69) is 11.9 Å². The van der Waals surface area contributed by atoms with Crippen molar-refractivity contribution in [1.29, 1.82) is 0 Å². The number of ether oxygens (including phenoxy) is 1. The second-order valence-electron chi connectivity index (χ2n) is 5.89. The standard InChI is InChI=1S/C16H21NO3.BrH/c1-17-12-7-8-13(17)10-14(9-12)20-16(19)15(18)11-5-3-2-4-6-11;/h2-6,12-15,18H,7-10H2,1H3;1H/t12-,13+,14?,15-;/m0./s1. The molecular formula is C16H22BrNO3. The van der Waals surface area contributed by atoms with Crippen LogP contribution in [0, 0.1) is 0 Å². The molecule has 2 heterocycles. The maximum Gasteiger partial charge on any atom is 0.339 e. The van der Waals surface area contributed by atoms with Crippen LogP contribution in [0.25, 0.3) is 0 Å².